The quantitative estimate of drug-likeness (QED) is 0.315. The fourth-order valence-corrected chi connectivity index (χ4v) is 3.30. The standard InChI is InChI=1S/C21H13N3O5/c22-15-5-1-3-13-17(15)20(26)18-14(19(13)25)4-2-6-16(18)23-21(27)11-7-9-12(10-8-11)24(28)29/h1-10H,22H2,(H,23,27). The van der Waals surface area contributed by atoms with Crippen LogP contribution in [-0.2, 0) is 0 Å². The summed E-state index contributed by atoms with van der Waals surface area (Å²) in [5.74, 6) is -1.37. The maximum atomic E-state index is 13.1. The summed E-state index contributed by atoms with van der Waals surface area (Å²) in [5, 5.41) is 13.4. The minimum absolute atomic E-state index is 0.0677. The van der Waals surface area contributed by atoms with E-state index in [-0.39, 0.29) is 50.7 Å². The second kappa shape index (κ2) is 6.68. The van der Waals surface area contributed by atoms with Crippen LogP contribution in [-0.4, -0.2) is 22.4 Å². The van der Waals surface area contributed by atoms with E-state index in [1.165, 1.54) is 48.5 Å². The van der Waals surface area contributed by atoms with Crippen molar-refractivity contribution in [1.82, 2.24) is 0 Å². The van der Waals surface area contributed by atoms with Crippen molar-refractivity contribution in [3.05, 3.63) is 98.6 Å². The molecular formula is C21H13N3O5. The zero-order valence-electron chi connectivity index (χ0n) is 14.8. The van der Waals surface area contributed by atoms with E-state index in [1.807, 2.05) is 0 Å². The van der Waals surface area contributed by atoms with E-state index in [1.54, 1.807) is 12.1 Å². The molecule has 142 valence electrons. The molecule has 0 saturated heterocycles. The molecule has 1 aliphatic rings. The molecule has 8 heteroatoms. The highest BCUT2D eigenvalue weighted by molar-refractivity contribution is 6.32. The van der Waals surface area contributed by atoms with E-state index in [9.17, 15) is 24.5 Å². The van der Waals surface area contributed by atoms with Gasteiger partial charge in [0.25, 0.3) is 11.6 Å². The average molecular weight is 387 g/mol. The normalized spacial score (nSPS) is 12.1. The summed E-state index contributed by atoms with van der Waals surface area (Å²) in [7, 11) is 0. The fourth-order valence-electron chi connectivity index (χ4n) is 3.30. The molecule has 3 N–H and O–H groups in total. The van der Waals surface area contributed by atoms with Gasteiger partial charge in [-0.2, -0.15) is 0 Å². The summed E-state index contributed by atoms with van der Waals surface area (Å²) >= 11 is 0. The first kappa shape index (κ1) is 18.1. The van der Waals surface area contributed by atoms with Crippen LogP contribution in [0.1, 0.15) is 42.2 Å². The predicted molar refractivity (Wildman–Crippen MR) is 105 cm³/mol. The number of fused-ring (bicyclic) bond motifs is 2. The Morgan fingerprint density at radius 2 is 1.48 bits per heavy atom. The molecule has 0 heterocycles. The molecule has 8 nitrogen and oxygen atoms in total. The number of rotatable bonds is 3. The fraction of sp³-hybridized carbons (Fsp3) is 0. The monoisotopic (exact) mass is 387 g/mol. The number of anilines is 2. The number of nitrogens with two attached hydrogens (primary N) is 1. The van der Waals surface area contributed by atoms with Crippen molar-refractivity contribution in [3.63, 3.8) is 0 Å². The maximum absolute atomic E-state index is 13.1. The van der Waals surface area contributed by atoms with Gasteiger partial charge in [-0.05, 0) is 24.3 Å². The second-order valence-corrected chi connectivity index (χ2v) is 6.41. The van der Waals surface area contributed by atoms with E-state index < -0.39 is 16.6 Å². The number of nitrogen functional groups attached to an aromatic ring is 1. The lowest BCUT2D eigenvalue weighted by Gasteiger charge is -2.21. The smallest absolute Gasteiger partial charge is 0.269 e. The highest BCUT2D eigenvalue weighted by Crippen LogP contribution is 2.34. The lowest BCUT2D eigenvalue weighted by Crippen LogP contribution is -2.25. The number of hydrogen-bond donors (Lipinski definition) is 2. The predicted octanol–water partition coefficient (Wildman–Crippen LogP) is 3.20. The van der Waals surface area contributed by atoms with Crippen molar-refractivity contribution in [2.45, 2.75) is 0 Å². The number of ketones is 2. The number of nitrogens with one attached hydrogen (secondary N) is 1. The van der Waals surface area contributed by atoms with Gasteiger partial charge in [0, 0.05) is 34.5 Å². The van der Waals surface area contributed by atoms with Crippen LogP contribution in [0.25, 0.3) is 0 Å². The van der Waals surface area contributed by atoms with Gasteiger partial charge in [-0.25, -0.2) is 0 Å². The summed E-state index contributed by atoms with van der Waals surface area (Å²) in [5.41, 5.74) is 6.87. The van der Waals surface area contributed by atoms with E-state index >= 15 is 0 Å². The molecule has 29 heavy (non-hydrogen) atoms. The Morgan fingerprint density at radius 3 is 2.14 bits per heavy atom. The molecule has 4 rings (SSSR count). The van der Waals surface area contributed by atoms with Crippen LogP contribution in [0.15, 0.2) is 60.7 Å². The third-order valence-electron chi connectivity index (χ3n) is 4.69. The molecule has 0 radical (unpaired) electrons. The highest BCUT2D eigenvalue weighted by atomic mass is 16.6. The number of carbonyl (C=O) groups is 3. The molecule has 1 amide bonds. The molecule has 0 bridgehead atoms. The zero-order valence-corrected chi connectivity index (χ0v) is 14.8. The number of hydrogen-bond acceptors (Lipinski definition) is 6. The molecule has 0 aliphatic heterocycles. The van der Waals surface area contributed by atoms with Crippen LogP contribution in [0.3, 0.4) is 0 Å². The first-order valence-corrected chi connectivity index (χ1v) is 8.55. The number of non-ortho nitro benzene ring substituents is 1. The van der Waals surface area contributed by atoms with Gasteiger partial charge in [-0.15, -0.1) is 0 Å². The number of nitro groups is 1. The average Bonchev–Trinajstić information content (AvgIpc) is 2.71. The van der Waals surface area contributed by atoms with Crippen molar-refractivity contribution in [2.24, 2.45) is 0 Å². The van der Waals surface area contributed by atoms with Gasteiger partial charge >= 0.3 is 0 Å². The summed E-state index contributed by atoms with van der Waals surface area (Å²) in [6.45, 7) is 0. The summed E-state index contributed by atoms with van der Waals surface area (Å²) in [6, 6.07) is 14.3. The Labute approximate surface area is 164 Å². The Kier molecular flexibility index (Phi) is 4.16. The van der Waals surface area contributed by atoms with E-state index in [0.717, 1.165) is 0 Å². The molecule has 0 fully saturated rings. The van der Waals surface area contributed by atoms with Crippen molar-refractivity contribution in [1.29, 1.82) is 0 Å². The second-order valence-electron chi connectivity index (χ2n) is 6.41. The van der Waals surface area contributed by atoms with Gasteiger partial charge in [0.2, 0.25) is 0 Å². The van der Waals surface area contributed by atoms with Gasteiger partial charge in [0.05, 0.1) is 21.7 Å². The minimum atomic E-state index is -0.569. The topological polar surface area (TPSA) is 132 Å². The molecular weight excluding hydrogens is 374 g/mol. The minimum Gasteiger partial charge on any atom is -0.398 e. The third-order valence-corrected chi connectivity index (χ3v) is 4.69. The van der Waals surface area contributed by atoms with Crippen LogP contribution in [0, 0.1) is 10.1 Å². The number of carbonyl (C=O) groups excluding carboxylic acids is 3. The van der Waals surface area contributed by atoms with E-state index in [2.05, 4.69) is 5.32 Å². The Bertz CT molecular complexity index is 1220. The van der Waals surface area contributed by atoms with Crippen molar-refractivity contribution >= 4 is 34.5 Å². The Hall–Kier alpha value is -4.33. The Balaban J connectivity index is 1.73. The van der Waals surface area contributed by atoms with Crippen LogP contribution in [0.5, 0.6) is 0 Å². The van der Waals surface area contributed by atoms with Crippen LogP contribution < -0.4 is 11.1 Å². The molecule has 0 atom stereocenters. The summed E-state index contributed by atoms with van der Waals surface area (Å²) < 4.78 is 0. The van der Waals surface area contributed by atoms with Gasteiger partial charge in [0.1, 0.15) is 0 Å². The molecule has 3 aromatic rings. The number of nitro benzene ring substituents is 1. The lowest BCUT2D eigenvalue weighted by molar-refractivity contribution is -0.384. The van der Waals surface area contributed by atoms with Crippen LogP contribution >= 0.6 is 0 Å². The molecule has 0 aromatic heterocycles. The van der Waals surface area contributed by atoms with Crippen molar-refractivity contribution in [2.75, 3.05) is 11.1 Å². The molecule has 1 aliphatic carbocycles. The molecule has 0 unspecified atom stereocenters. The zero-order chi connectivity index (χ0) is 20.7. The van der Waals surface area contributed by atoms with Crippen LogP contribution in [0.4, 0.5) is 17.1 Å². The van der Waals surface area contributed by atoms with E-state index in [0.29, 0.717) is 0 Å². The van der Waals surface area contributed by atoms with E-state index in [4.69, 9.17) is 5.73 Å². The van der Waals surface area contributed by atoms with Gasteiger partial charge < -0.3 is 11.1 Å². The van der Waals surface area contributed by atoms with Gasteiger partial charge in [0.15, 0.2) is 11.6 Å². The van der Waals surface area contributed by atoms with Crippen LogP contribution in [0.2, 0.25) is 0 Å². The van der Waals surface area contributed by atoms with Crippen molar-refractivity contribution in [3.8, 4) is 0 Å². The lowest BCUT2D eigenvalue weighted by atomic mass is 9.82. The SMILES string of the molecule is Nc1cccc2c1C(=O)c1c(NC(=O)c3ccc([N+](=O)[O-])cc3)cccc1C2=O. The van der Waals surface area contributed by atoms with Gasteiger partial charge in [-0.1, -0.05) is 24.3 Å². The largest absolute Gasteiger partial charge is 0.398 e. The van der Waals surface area contributed by atoms with Crippen molar-refractivity contribution < 1.29 is 19.3 Å². The number of amides is 1. The molecule has 0 spiro atoms. The molecule has 3 aromatic carbocycles. The molecule has 0 saturated carbocycles. The first-order chi connectivity index (χ1) is 13.9. The highest BCUT2D eigenvalue weighted by Gasteiger charge is 2.33. The third kappa shape index (κ3) is 2.92. The number of nitrogens with zero attached hydrogens (tertiary/aromatic N) is 1. The van der Waals surface area contributed by atoms with Gasteiger partial charge in [-0.3, -0.25) is 24.5 Å². The summed E-state index contributed by atoms with van der Waals surface area (Å²) in [6.07, 6.45) is 0. The maximum Gasteiger partial charge on any atom is 0.269 e. The first-order valence-electron chi connectivity index (χ1n) is 8.55. The Morgan fingerprint density at radius 1 is 0.862 bits per heavy atom. The summed E-state index contributed by atoms with van der Waals surface area (Å²) in [4.78, 5) is 48.7. The number of benzene rings is 3.